The lowest BCUT2D eigenvalue weighted by molar-refractivity contribution is 0.373. The SMILES string of the molecule is COc1cc(C(=S)Nc2ccccc2)ccc1O. The predicted molar refractivity (Wildman–Crippen MR) is 76.4 cm³/mol. The molecule has 0 aliphatic rings. The highest BCUT2D eigenvalue weighted by molar-refractivity contribution is 7.81. The third-order valence-electron chi connectivity index (χ3n) is 2.47. The standard InChI is InChI=1S/C14H13NO2S/c1-17-13-9-10(7-8-12(13)16)14(18)15-11-5-3-2-4-6-11/h2-9,16H,1H3,(H,15,18). The van der Waals surface area contributed by atoms with Crippen LogP contribution in [0.15, 0.2) is 48.5 Å². The summed E-state index contributed by atoms with van der Waals surface area (Å²) in [6, 6.07) is 14.7. The van der Waals surface area contributed by atoms with Crippen molar-refractivity contribution in [3.8, 4) is 11.5 Å². The fourth-order valence-corrected chi connectivity index (χ4v) is 1.79. The highest BCUT2D eigenvalue weighted by atomic mass is 32.1. The van der Waals surface area contributed by atoms with Gasteiger partial charge in [-0.1, -0.05) is 30.4 Å². The second kappa shape index (κ2) is 5.51. The fraction of sp³-hybridized carbons (Fsp3) is 0.0714. The average molecular weight is 259 g/mol. The summed E-state index contributed by atoms with van der Waals surface area (Å²) in [6.07, 6.45) is 0. The number of hydrogen-bond acceptors (Lipinski definition) is 3. The maximum atomic E-state index is 9.52. The van der Waals surface area contributed by atoms with E-state index in [1.165, 1.54) is 7.11 Å². The van der Waals surface area contributed by atoms with Crippen LogP contribution in [0.1, 0.15) is 5.56 Å². The van der Waals surface area contributed by atoms with Gasteiger partial charge in [0.15, 0.2) is 11.5 Å². The molecule has 0 aromatic heterocycles. The van der Waals surface area contributed by atoms with Gasteiger partial charge in [0.1, 0.15) is 4.99 Å². The summed E-state index contributed by atoms with van der Waals surface area (Å²) in [7, 11) is 1.51. The van der Waals surface area contributed by atoms with Crippen LogP contribution >= 0.6 is 12.2 Å². The normalized spacial score (nSPS) is 9.83. The predicted octanol–water partition coefficient (Wildman–Crippen LogP) is 3.19. The van der Waals surface area contributed by atoms with Crippen LogP contribution in [0.4, 0.5) is 5.69 Å². The highest BCUT2D eigenvalue weighted by Crippen LogP contribution is 2.26. The Bertz CT molecular complexity index is 555. The van der Waals surface area contributed by atoms with Crippen molar-refractivity contribution in [3.05, 3.63) is 54.1 Å². The summed E-state index contributed by atoms with van der Waals surface area (Å²) in [5.41, 5.74) is 1.72. The molecule has 2 rings (SSSR count). The first-order chi connectivity index (χ1) is 8.70. The van der Waals surface area contributed by atoms with E-state index in [0.717, 1.165) is 11.3 Å². The van der Waals surface area contributed by atoms with Crippen LogP contribution in [-0.4, -0.2) is 17.2 Å². The second-order valence-electron chi connectivity index (χ2n) is 3.71. The van der Waals surface area contributed by atoms with Gasteiger partial charge in [0.25, 0.3) is 0 Å². The number of ether oxygens (including phenoxy) is 1. The van der Waals surface area contributed by atoms with Crippen LogP contribution < -0.4 is 10.1 Å². The van der Waals surface area contributed by atoms with Gasteiger partial charge in [-0.2, -0.15) is 0 Å². The lowest BCUT2D eigenvalue weighted by Gasteiger charge is -2.10. The molecule has 0 spiro atoms. The molecule has 18 heavy (non-hydrogen) atoms. The maximum Gasteiger partial charge on any atom is 0.161 e. The van der Waals surface area contributed by atoms with Gasteiger partial charge >= 0.3 is 0 Å². The Morgan fingerprint density at radius 2 is 1.89 bits per heavy atom. The number of benzene rings is 2. The van der Waals surface area contributed by atoms with Crippen molar-refractivity contribution in [1.29, 1.82) is 0 Å². The summed E-state index contributed by atoms with van der Waals surface area (Å²) in [6.45, 7) is 0. The molecule has 0 saturated carbocycles. The molecule has 0 saturated heterocycles. The number of phenolic OH excluding ortho intramolecular Hbond substituents is 1. The first kappa shape index (κ1) is 12.4. The summed E-state index contributed by atoms with van der Waals surface area (Å²) in [5.74, 6) is 0.508. The van der Waals surface area contributed by atoms with E-state index in [2.05, 4.69) is 5.32 Å². The number of anilines is 1. The molecule has 0 unspecified atom stereocenters. The van der Waals surface area contributed by atoms with Crippen molar-refractivity contribution in [2.45, 2.75) is 0 Å². The molecule has 4 heteroatoms. The molecule has 2 N–H and O–H groups in total. The third-order valence-corrected chi connectivity index (χ3v) is 2.81. The van der Waals surface area contributed by atoms with Crippen LogP contribution in [0.2, 0.25) is 0 Å². The van der Waals surface area contributed by atoms with E-state index in [4.69, 9.17) is 17.0 Å². The van der Waals surface area contributed by atoms with Crippen LogP contribution in [0.25, 0.3) is 0 Å². The molecule has 2 aromatic rings. The molecule has 92 valence electrons. The van der Waals surface area contributed by atoms with Crippen LogP contribution in [0.3, 0.4) is 0 Å². The molecule has 0 aliphatic carbocycles. The lowest BCUT2D eigenvalue weighted by atomic mass is 10.2. The van der Waals surface area contributed by atoms with Crippen LogP contribution in [0, 0.1) is 0 Å². The van der Waals surface area contributed by atoms with Gasteiger partial charge in [-0.25, -0.2) is 0 Å². The van der Waals surface area contributed by atoms with Gasteiger partial charge in [-0.05, 0) is 30.3 Å². The summed E-state index contributed by atoms with van der Waals surface area (Å²) >= 11 is 5.31. The Morgan fingerprint density at radius 1 is 1.17 bits per heavy atom. The smallest absolute Gasteiger partial charge is 0.161 e. The van der Waals surface area contributed by atoms with Gasteiger partial charge in [0.05, 0.1) is 7.11 Å². The van der Waals surface area contributed by atoms with Crippen molar-refractivity contribution in [2.75, 3.05) is 12.4 Å². The summed E-state index contributed by atoms with van der Waals surface area (Å²) in [5, 5.41) is 12.6. The highest BCUT2D eigenvalue weighted by Gasteiger charge is 2.06. The van der Waals surface area contributed by atoms with E-state index in [1.54, 1.807) is 18.2 Å². The van der Waals surface area contributed by atoms with Crippen molar-refractivity contribution in [2.24, 2.45) is 0 Å². The third kappa shape index (κ3) is 2.78. The molecule has 0 heterocycles. The molecule has 2 aromatic carbocycles. The van der Waals surface area contributed by atoms with Crippen LogP contribution in [0.5, 0.6) is 11.5 Å². The molecule has 0 fully saturated rings. The average Bonchev–Trinajstić information content (AvgIpc) is 2.40. The van der Waals surface area contributed by atoms with Gasteiger partial charge in [0.2, 0.25) is 0 Å². The zero-order valence-corrected chi connectivity index (χ0v) is 10.7. The van der Waals surface area contributed by atoms with Gasteiger partial charge < -0.3 is 15.2 Å². The Balaban J connectivity index is 2.19. The minimum absolute atomic E-state index is 0.101. The van der Waals surface area contributed by atoms with E-state index in [-0.39, 0.29) is 5.75 Å². The summed E-state index contributed by atoms with van der Waals surface area (Å²) < 4.78 is 5.05. The largest absolute Gasteiger partial charge is 0.504 e. The Kier molecular flexibility index (Phi) is 3.79. The van der Waals surface area contributed by atoms with Crippen molar-refractivity contribution in [3.63, 3.8) is 0 Å². The molecule has 0 radical (unpaired) electrons. The number of hydrogen-bond donors (Lipinski definition) is 2. The lowest BCUT2D eigenvalue weighted by Crippen LogP contribution is -2.10. The number of rotatable bonds is 3. The number of nitrogens with one attached hydrogen (secondary N) is 1. The molecular formula is C14H13NO2S. The van der Waals surface area contributed by atoms with Crippen molar-refractivity contribution < 1.29 is 9.84 Å². The number of para-hydroxylation sites is 1. The van der Waals surface area contributed by atoms with Gasteiger partial charge in [0, 0.05) is 11.3 Å². The molecule has 0 atom stereocenters. The van der Waals surface area contributed by atoms with E-state index >= 15 is 0 Å². The van der Waals surface area contributed by atoms with Gasteiger partial charge in [-0.3, -0.25) is 0 Å². The van der Waals surface area contributed by atoms with Crippen molar-refractivity contribution >= 4 is 22.9 Å². The Hall–Kier alpha value is -2.07. The van der Waals surface area contributed by atoms with E-state index in [9.17, 15) is 5.11 Å². The monoisotopic (exact) mass is 259 g/mol. The first-order valence-corrected chi connectivity index (χ1v) is 5.85. The topological polar surface area (TPSA) is 41.5 Å². The maximum absolute atomic E-state index is 9.52. The zero-order chi connectivity index (χ0) is 13.0. The Labute approximate surface area is 111 Å². The minimum atomic E-state index is 0.101. The molecule has 0 amide bonds. The second-order valence-corrected chi connectivity index (χ2v) is 4.12. The number of methoxy groups -OCH3 is 1. The number of phenols is 1. The van der Waals surface area contributed by atoms with E-state index in [0.29, 0.717) is 10.7 Å². The summed E-state index contributed by atoms with van der Waals surface area (Å²) in [4.78, 5) is 0.583. The van der Waals surface area contributed by atoms with Crippen LogP contribution in [-0.2, 0) is 0 Å². The van der Waals surface area contributed by atoms with Gasteiger partial charge in [-0.15, -0.1) is 0 Å². The van der Waals surface area contributed by atoms with Crippen molar-refractivity contribution in [1.82, 2.24) is 0 Å². The zero-order valence-electron chi connectivity index (χ0n) is 9.88. The quantitative estimate of drug-likeness (QED) is 0.831. The van der Waals surface area contributed by atoms with E-state index in [1.807, 2.05) is 30.3 Å². The minimum Gasteiger partial charge on any atom is -0.504 e. The molecule has 0 bridgehead atoms. The first-order valence-electron chi connectivity index (χ1n) is 5.44. The number of thiocarbonyl (C=S) groups is 1. The van der Waals surface area contributed by atoms with E-state index < -0.39 is 0 Å². The number of aromatic hydroxyl groups is 1. The molecule has 0 aliphatic heterocycles. The fourth-order valence-electron chi connectivity index (χ4n) is 1.54. The molecular weight excluding hydrogens is 246 g/mol. The molecule has 3 nitrogen and oxygen atoms in total. The Morgan fingerprint density at radius 3 is 2.56 bits per heavy atom.